The third kappa shape index (κ3) is 2.41. The number of rotatable bonds is 2. The second-order valence-electron chi connectivity index (χ2n) is 4.38. The second-order valence-corrected chi connectivity index (χ2v) is 5.29. The first-order chi connectivity index (χ1) is 7.20. The van der Waals surface area contributed by atoms with E-state index < -0.39 is 0 Å². The van der Waals surface area contributed by atoms with Crippen LogP contribution >= 0.6 is 15.9 Å². The summed E-state index contributed by atoms with van der Waals surface area (Å²) < 4.78 is 1.14. The fraction of sp³-hybridized carbons (Fsp3) is 0.500. The van der Waals surface area contributed by atoms with Crippen molar-refractivity contribution in [2.45, 2.75) is 5.92 Å². The van der Waals surface area contributed by atoms with E-state index >= 15 is 0 Å². The first kappa shape index (κ1) is 11.1. The lowest BCUT2D eigenvalue weighted by Crippen LogP contribution is -2.21. The average molecular weight is 269 g/mol. The van der Waals surface area contributed by atoms with Crippen LogP contribution in [0, 0.1) is 5.92 Å². The molecule has 82 valence electrons. The van der Waals surface area contributed by atoms with Gasteiger partial charge >= 0.3 is 0 Å². The minimum atomic E-state index is 0.605. The van der Waals surface area contributed by atoms with Crippen molar-refractivity contribution >= 4 is 15.9 Å². The lowest BCUT2D eigenvalue weighted by molar-refractivity contribution is 0.397. The van der Waals surface area contributed by atoms with Gasteiger partial charge in [0.2, 0.25) is 0 Å². The van der Waals surface area contributed by atoms with Crippen molar-refractivity contribution in [1.82, 2.24) is 4.90 Å². The molecule has 2 rings (SSSR count). The molecule has 0 bridgehead atoms. The zero-order chi connectivity index (χ0) is 10.8. The molecule has 2 atom stereocenters. The molecule has 15 heavy (non-hydrogen) atoms. The normalized spacial score (nSPS) is 27.1. The summed E-state index contributed by atoms with van der Waals surface area (Å²) in [6.45, 7) is 3.03. The van der Waals surface area contributed by atoms with E-state index in [-0.39, 0.29) is 0 Å². The lowest BCUT2D eigenvalue weighted by Gasteiger charge is -2.16. The third-order valence-electron chi connectivity index (χ3n) is 3.22. The molecular weight excluding hydrogens is 252 g/mol. The summed E-state index contributed by atoms with van der Waals surface area (Å²) in [4.78, 5) is 2.37. The van der Waals surface area contributed by atoms with Gasteiger partial charge in [-0.3, -0.25) is 0 Å². The van der Waals surface area contributed by atoms with E-state index in [1.54, 1.807) is 0 Å². The van der Waals surface area contributed by atoms with Crippen LogP contribution in [0.2, 0.25) is 0 Å². The standard InChI is InChI=1S/C12H17BrN2/c1-15-7-10(6-14)12(8-15)9-2-4-11(13)5-3-9/h2-5,10,12H,6-8,14H2,1H3/t10-,12+/m1/s1. The SMILES string of the molecule is CN1C[C@@H](CN)[C@H](c2ccc(Br)cc2)C1. The highest BCUT2D eigenvalue weighted by Gasteiger charge is 2.30. The third-order valence-corrected chi connectivity index (χ3v) is 3.75. The van der Waals surface area contributed by atoms with Gasteiger partial charge in [0.05, 0.1) is 0 Å². The highest BCUT2D eigenvalue weighted by Crippen LogP contribution is 2.31. The number of halogens is 1. The molecule has 0 unspecified atom stereocenters. The topological polar surface area (TPSA) is 29.3 Å². The molecule has 1 heterocycles. The van der Waals surface area contributed by atoms with Crippen molar-refractivity contribution in [3.05, 3.63) is 34.3 Å². The molecule has 0 radical (unpaired) electrons. The Morgan fingerprint density at radius 2 is 2.00 bits per heavy atom. The van der Waals surface area contributed by atoms with E-state index in [0.29, 0.717) is 11.8 Å². The summed E-state index contributed by atoms with van der Waals surface area (Å²) >= 11 is 3.46. The Balaban J connectivity index is 2.19. The minimum absolute atomic E-state index is 0.605. The van der Waals surface area contributed by atoms with Crippen LogP contribution in [0.5, 0.6) is 0 Å². The Bertz CT molecular complexity index is 323. The molecule has 2 N–H and O–H groups in total. The molecule has 1 aromatic rings. The summed E-state index contributed by atoms with van der Waals surface area (Å²) in [5, 5.41) is 0. The van der Waals surface area contributed by atoms with E-state index in [4.69, 9.17) is 5.73 Å². The van der Waals surface area contributed by atoms with E-state index in [1.807, 2.05) is 0 Å². The van der Waals surface area contributed by atoms with Gasteiger partial charge in [-0.2, -0.15) is 0 Å². The number of benzene rings is 1. The quantitative estimate of drug-likeness (QED) is 0.890. The van der Waals surface area contributed by atoms with Gasteiger partial charge in [0.15, 0.2) is 0 Å². The maximum atomic E-state index is 5.82. The lowest BCUT2D eigenvalue weighted by atomic mass is 9.89. The fourth-order valence-corrected chi connectivity index (χ4v) is 2.68. The molecule has 0 spiro atoms. The van der Waals surface area contributed by atoms with E-state index in [2.05, 4.69) is 52.1 Å². The van der Waals surface area contributed by atoms with Crippen molar-refractivity contribution in [1.29, 1.82) is 0 Å². The number of likely N-dealkylation sites (N-methyl/N-ethyl adjacent to an activating group) is 1. The van der Waals surface area contributed by atoms with Crippen LogP contribution in [0.3, 0.4) is 0 Å². The van der Waals surface area contributed by atoms with Crippen LogP contribution in [0.1, 0.15) is 11.5 Å². The van der Waals surface area contributed by atoms with E-state index in [9.17, 15) is 0 Å². The smallest absolute Gasteiger partial charge is 0.0175 e. The van der Waals surface area contributed by atoms with Gasteiger partial charge in [0.1, 0.15) is 0 Å². The Kier molecular flexibility index (Phi) is 3.44. The predicted octanol–water partition coefficient (Wildman–Crippen LogP) is 2.05. The predicted molar refractivity (Wildman–Crippen MR) is 66.9 cm³/mol. The van der Waals surface area contributed by atoms with Gasteiger partial charge < -0.3 is 10.6 Å². The monoisotopic (exact) mass is 268 g/mol. The maximum absolute atomic E-state index is 5.82. The Morgan fingerprint density at radius 3 is 2.60 bits per heavy atom. The summed E-state index contributed by atoms with van der Waals surface area (Å²) in [5.41, 5.74) is 7.23. The molecule has 1 aromatic carbocycles. The van der Waals surface area contributed by atoms with Crippen LogP contribution in [-0.2, 0) is 0 Å². The van der Waals surface area contributed by atoms with Gasteiger partial charge in [-0.05, 0) is 37.2 Å². The van der Waals surface area contributed by atoms with Crippen LogP contribution in [0.15, 0.2) is 28.7 Å². The molecule has 0 aliphatic carbocycles. The summed E-state index contributed by atoms with van der Waals surface area (Å²) in [5.74, 6) is 1.21. The number of nitrogens with zero attached hydrogens (tertiary/aromatic N) is 1. The first-order valence-corrected chi connectivity index (χ1v) is 6.14. The van der Waals surface area contributed by atoms with E-state index in [0.717, 1.165) is 24.1 Å². The number of likely N-dealkylation sites (tertiary alicyclic amines) is 1. The molecule has 1 saturated heterocycles. The molecular formula is C12H17BrN2. The van der Waals surface area contributed by atoms with Gasteiger partial charge in [0.25, 0.3) is 0 Å². The molecule has 0 amide bonds. The van der Waals surface area contributed by atoms with Crippen LogP contribution in [0.4, 0.5) is 0 Å². The maximum Gasteiger partial charge on any atom is 0.0175 e. The van der Waals surface area contributed by atoms with Crippen LogP contribution < -0.4 is 5.73 Å². The number of hydrogen-bond acceptors (Lipinski definition) is 2. The van der Waals surface area contributed by atoms with Crippen molar-refractivity contribution in [2.24, 2.45) is 11.7 Å². The van der Waals surface area contributed by atoms with Gasteiger partial charge in [-0.15, -0.1) is 0 Å². The molecule has 0 aromatic heterocycles. The number of nitrogens with two attached hydrogens (primary N) is 1. The molecule has 1 aliphatic rings. The Hall–Kier alpha value is -0.380. The van der Waals surface area contributed by atoms with Crippen molar-refractivity contribution in [3.63, 3.8) is 0 Å². The Morgan fingerprint density at radius 1 is 1.33 bits per heavy atom. The zero-order valence-corrected chi connectivity index (χ0v) is 10.6. The fourth-order valence-electron chi connectivity index (χ4n) is 2.41. The molecule has 0 saturated carbocycles. The van der Waals surface area contributed by atoms with Crippen molar-refractivity contribution in [3.8, 4) is 0 Å². The van der Waals surface area contributed by atoms with Gasteiger partial charge in [0, 0.05) is 23.5 Å². The highest BCUT2D eigenvalue weighted by atomic mass is 79.9. The highest BCUT2D eigenvalue weighted by molar-refractivity contribution is 9.10. The largest absolute Gasteiger partial charge is 0.330 e. The molecule has 1 aliphatic heterocycles. The molecule has 3 heteroatoms. The second kappa shape index (κ2) is 4.64. The summed E-state index contributed by atoms with van der Waals surface area (Å²) in [7, 11) is 2.17. The number of hydrogen-bond donors (Lipinski definition) is 1. The zero-order valence-electron chi connectivity index (χ0n) is 8.99. The van der Waals surface area contributed by atoms with Crippen LogP contribution in [-0.4, -0.2) is 31.6 Å². The Labute approximate surface area is 99.6 Å². The van der Waals surface area contributed by atoms with E-state index in [1.165, 1.54) is 5.56 Å². The van der Waals surface area contributed by atoms with Gasteiger partial charge in [-0.25, -0.2) is 0 Å². The van der Waals surface area contributed by atoms with Crippen molar-refractivity contribution in [2.75, 3.05) is 26.7 Å². The summed E-state index contributed by atoms with van der Waals surface area (Å²) in [6.07, 6.45) is 0. The molecule has 1 fully saturated rings. The van der Waals surface area contributed by atoms with Gasteiger partial charge in [-0.1, -0.05) is 28.1 Å². The summed E-state index contributed by atoms with van der Waals surface area (Å²) in [6, 6.07) is 8.63. The van der Waals surface area contributed by atoms with Crippen molar-refractivity contribution < 1.29 is 0 Å². The first-order valence-electron chi connectivity index (χ1n) is 5.35. The molecule has 2 nitrogen and oxygen atoms in total. The average Bonchev–Trinajstić information content (AvgIpc) is 2.61. The van der Waals surface area contributed by atoms with Crippen LogP contribution in [0.25, 0.3) is 0 Å². The minimum Gasteiger partial charge on any atom is -0.330 e.